The number of anilines is 1. The lowest BCUT2D eigenvalue weighted by Crippen LogP contribution is -2.43. The molecule has 4 rings (SSSR count). The summed E-state index contributed by atoms with van der Waals surface area (Å²) in [6, 6.07) is 1.35. The topological polar surface area (TPSA) is 39.7 Å². The maximum absolute atomic E-state index is 4.76. The fraction of sp³-hybridized carbons (Fsp3) is 0.706. The Hall–Kier alpha value is -1.07. The van der Waals surface area contributed by atoms with Gasteiger partial charge < -0.3 is 15.5 Å². The lowest BCUT2D eigenvalue weighted by Gasteiger charge is -2.34. The third-order valence-electron chi connectivity index (χ3n) is 5.40. The van der Waals surface area contributed by atoms with Crippen molar-refractivity contribution in [2.45, 2.75) is 57.0 Å². The summed E-state index contributed by atoms with van der Waals surface area (Å²) in [5.74, 6) is 1.17. The molecule has 0 unspecified atom stereocenters. The Kier molecular flexibility index (Phi) is 3.86. The van der Waals surface area contributed by atoms with Gasteiger partial charge in [-0.2, -0.15) is 0 Å². The van der Waals surface area contributed by atoms with E-state index in [9.17, 15) is 0 Å². The maximum atomic E-state index is 4.76. The van der Waals surface area contributed by atoms with Crippen LogP contribution in [0.25, 0.3) is 0 Å². The van der Waals surface area contributed by atoms with Crippen LogP contribution in [0.3, 0.4) is 0 Å². The summed E-state index contributed by atoms with van der Waals surface area (Å²) in [6.45, 7) is 0.724. The van der Waals surface area contributed by atoms with Gasteiger partial charge in [-0.15, -0.1) is 11.3 Å². The van der Waals surface area contributed by atoms with Crippen LogP contribution in [0.1, 0.15) is 48.1 Å². The van der Waals surface area contributed by atoms with Crippen LogP contribution >= 0.6 is 11.3 Å². The molecule has 120 valence electrons. The van der Waals surface area contributed by atoms with Gasteiger partial charge in [0.2, 0.25) is 0 Å². The van der Waals surface area contributed by atoms with E-state index >= 15 is 0 Å². The van der Waals surface area contributed by atoms with Gasteiger partial charge in [-0.1, -0.05) is 0 Å². The van der Waals surface area contributed by atoms with Crippen molar-refractivity contribution in [2.24, 2.45) is 4.99 Å². The molecule has 1 aromatic rings. The van der Waals surface area contributed by atoms with Crippen molar-refractivity contribution >= 4 is 22.2 Å². The number of aliphatic imine (C=N–C) groups is 1. The van der Waals surface area contributed by atoms with Gasteiger partial charge in [0.15, 0.2) is 0 Å². The first kappa shape index (κ1) is 14.5. The molecule has 4 nitrogen and oxygen atoms in total. The zero-order valence-corrected chi connectivity index (χ0v) is 14.4. The minimum Gasteiger partial charge on any atom is -0.367 e. The van der Waals surface area contributed by atoms with E-state index in [2.05, 4.69) is 29.6 Å². The van der Waals surface area contributed by atoms with Crippen molar-refractivity contribution in [3.63, 3.8) is 0 Å². The van der Waals surface area contributed by atoms with E-state index in [0.717, 1.165) is 12.7 Å². The lowest BCUT2D eigenvalue weighted by atomic mass is 9.90. The van der Waals surface area contributed by atoms with Crippen LogP contribution in [0.15, 0.2) is 4.99 Å². The highest BCUT2D eigenvalue weighted by Crippen LogP contribution is 2.40. The largest absolute Gasteiger partial charge is 0.367 e. The highest BCUT2D eigenvalue weighted by Gasteiger charge is 2.29. The molecule has 2 N–H and O–H groups in total. The van der Waals surface area contributed by atoms with Gasteiger partial charge in [-0.25, -0.2) is 4.99 Å². The Morgan fingerprint density at radius 2 is 2.00 bits per heavy atom. The number of hydrogen-bond donors (Lipinski definition) is 2. The predicted octanol–water partition coefficient (Wildman–Crippen LogP) is 2.83. The Balaban J connectivity index is 1.48. The summed E-state index contributed by atoms with van der Waals surface area (Å²) in [6.07, 6.45) is 8.92. The first-order valence-electron chi connectivity index (χ1n) is 8.58. The normalized spacial score (nSPS) is 27.1. The highest BCUT2D eigenvalue weighted by atomic mass is 32.1. The van der Waals surface area contributed by atoms with E-state index in [0.29, 0.717) is 6.04 Å². The molecular weight excluding hydrogens is 292 g/mol. The summed E-state index contributed by atoms with van der Waals surface area (Å²) in [7, 11) is 4.41. The molecule has 2 heterocycles. The number of fused-ring (bicyclic) bond motifs is 3. The van der Waals surface area contributed by atoms with Crippen LogP contribution in [0.2, 0.25) is 0 Å². The smallest absolute Gasteiger partial charge is 0.133 e. The van der Waals surface area contributed by atoms with Crippen LogP contribution in [0, 0.1) is 0 Å². The lowest BCUT2D eigenvalue weighted by molar-refractivity contribution is 0.211. The fourth-order valence-electron chi connectivity index (χ4n) is 4.10. The number of amidine groups is 1. The molecule has 1 aromatic heterocycles. The van der Waals surface area contributed by atoms with Crippen molar-refractivity contribution in [1.82, 2.24) is 10.2 Å². The zero-order valence-electron chi connectivity index (χ0n) is 13.6. The van der Waals surface area contributed by atoms with E-state index in [1.807, 2.05) is 11.3 Å². The monoisotopic (exact) mass is 318 g/mol. The second-order valence-corrected chi connectivity index (χ2v) is 8.12. The molecule has 1 aliphatic heterocycles. The Morgan fingerprint density at radius 3 is 2.77 bits per heavy atom. The average molecular weight is 318 g/mol. The van der Waals surface area contributed by atoms with Crippen molar-refractivity contribution in [1.29, 1.82) is 0 Å². The van der Waals surface area contributed by atoms with Crippen molar-refractivity contribution < 1.29 is 0 Å². The summed E-state index contributed by atoms with van der Waals surface area (Å²) in [5.41, 5.74) is 2.97. The van der Waals surface area contributed by atoms with Crippen LogP contribution in [0.5, 0.6) is 0 Å². The Labute approximate surface area is 137 Å². The zero-order chi connectivity index (χ0) is 15.1. The molecule has 0 aromatic carbocycles. The molecule has 5 heteroatoms. The first-order chi connectivity index (χ1) is 10.7. The van der Waals surface area contributed by atoms with Gasteiger partial charge in [0.25, 0.3) is 0 Å². The minimum atomic E-state index is 0.595. The third kappa shape index (κ3) is 2.54. The molecule has 0 bridgehead atoms. The van der Waals surface area contributed by atoms with Gasteiger partial charge in [-0.05, 0) is 64.6 Å². The average Bonchev–Trinajstić information content (AvgIpc) is 3.08. The molecule has 0 amide bonds. The van der Waals surface area contributed by atoms with Crippen LogP contribution in [-0.4, -0.2) is 43.6 Å². The van der Waals surface area contributed by atoms with E-state index < -0.39 is 0 Å². The number of aryl methyl sites for hydroxylation is 1. The first-order valence-corrected chi connectivity index (χ1v) is 9.40. The molecule has 0 spiro atoms. The van der Waals surface area contributed by atoms with E-state index in [-0.39, 0.29) is 0 Å². The molecule has 0 saturated heterocycles. The van der Waals surface area contributed by atoms with Gasteiger partial charge >= 0.3 is 0 Å². The van der Waals surface area contributed by atoms with Gasteiger partial charge in [0.05, 0.1) is 5.56 Å². The van der Waals surface area contributed by atoms with Crippen LogP contribution in [-0.2, 0) is 12.8 Å². The van der Waals surface area contributed by atoms with Crippen molar-refractivity contribution in [3.05, 3.63) is 16.0 Å². The van der Waals surface area contributed by atoms with E-state index in [1.54, 1.807) is 10.4 Å². The number of thiophene rings is 1. The van der Waals surface area contributed by atoms with Crippen molar-refractivity contribution in [2.75, 3.05) is 26.1 Å². The summed E-state index contributed by atoms with van der Waals surface area (Å²) >= 11 is 1.96. The molecule has 22 heavy (non-hydrogen) atoms. The highest BCUT2D eigenvalue weighted by molar-refractivity contribution is 7.16. The Bertz CT molecular complexity index is 582. The molecule has 0 radical (unpaired) electrons. The standard InChI is InChI=1S/C17H26N4S/c1-21(2)12-8-6-11(7-9-12)20-16-15-13-4-3-5-14(13)22-17(15)19-10-18-16/h11-12,19H,3-10H2,1-2H3,(H,18,20)/t11-,12-. The summed E-state index contributed by atoms with van der Waals surface area (Å²) in [4.78, 5) is 8.72. The van der Waals surface area contributed by atoms with E-state index in [4.69, 9.17) is 4.99 Å². The van der Waals surface area contributed by atoms with Gasteiger partial charge in [0, 0.05) is 17.0 Å². The molecule has 1 saturated carbocycles. The summed E-state index contributed by atoms with van der Waals surface area (Å²) < 4.78 is 0. The molecular formula is C17H26N4S. The Morgan fingerprint density at radius 1 is 1.18 bits per heavy atom. The fourth-order valence-corrected chi connectivity index (χ4v) is 5.38. The third-order valence-corrected chi connectivity index (χ3v) is 6.65. The molecule has 0 atom stereocenters. The maximum Gasteiger partial charge on any atom is 0.133 e. The second-order valence-electron chi connectivity index (χ2n) is 7.02. The predicted molar refractivity (Wildman–Crippen MR) is 94.2 cm³/mol. The SMILES string of the molecule is CN(C)[C@H]1CC[C@H](NC2=NCNc3sc4c(c32)CCC4)CC1. The van der Waals surface area contributed by atoms with Gasteiger partial charge in [-0.3, -0.25) is 0 Å². The molecule has 3 aliphatic rings. The number of hydrogen-bond acceptors (Lipinski definition) is 5. The molecule has 1 fully saturated rings. The van der Waals surface area contributed by atoms with Crippen LogP contribution in [0.4, 0.5) is 5.00 Å². The number of nitrogens with one attached hydrogen (secondary N) is 2. The minimum absolute atomic E-state index is 0.595. The number of nitrogens with zero attached hydrogens (tertiary/aromatic N) is 2. The number of rotatable bonds is 2. The quantitative estimate of drug-likeness (QED) is 0.881. The van der Waals surface area contributed by atoms with E-state index in [1.165, 1.54) is 61.3 Å². The second kappa shape index (κ2) is 5.85. The van der Waals surface area contributed by atoms with Crippen molar-refractivity contribution in [3.8, 4) is 0 Å². The molecule has 2 aliphatic carbocycles. The van der Waals surface area contributed by atoms with Gasteiger partial charge in [0.1, 0.15) is 17.5 Å². The summed E-state index contributed by atoms with van der Waals surface area (Å²) in [5, 5.41) is 8.60. The van der Waals surface area contributed by atoms with Crippen LogP contribution < -0.4 is 10.6 Å².